The molecule has 1 saturated carbocycles. The van der Waals surface area contributed by atoms with Crippen molar-refractivity contribution in [3.8, 4) is 0 Å². The van der Waals surface area contributed by atoms with Gasteiger partial charge in [-0.15, -0.1) is 0 Å². The molecule has 2 fully saturated rings. The van der Waals surface area contributed by atoms with E-state index in [0.29, 0.717) is 18.5 Å². The maximum atomic E-state index is 12.1. The first kappa shape index (κ1) is 14.8. The molecule has 1 aliphatic carbocycles. The zero-order valence-electron chi connectivity index (χ0n) is 12.4. The lowest BCUT2D eigenvalue weighted by Crippen LogP contribution is -2.60. The Labute approximate surface area is 116 Å². The average molecular weight is 268 g/mol. The van der Waals surface area contributed by atoms with Crippen molar-refractivity contribution in [3.63, 3.8) is 0 Å². The number of hydrogen-bond acceptors (Lipinski definition) is 4. The van der Waals surface area contributed by atoms with Crippen molar-refractivity contribution in [2.45, 2.75) is 63.5 Å². The number of likely N-dealkylation sites (tertiary alicyclic amines) is 1. The summed E-state index contributed by atoms with van der Waals surface area (Å²) in [5.41, 5.74) is 5.65. The lowest BCUT2D eigenvalue weighted by Gasteiger charge is -2.40. The maximum absolute atomic E-state index is 12.1. The van der Waals surface area contributed by atoms with Gasteiger partial charge in [-0.25, -0.2) is 0 Å². The molecule has 1 aliphatic heterocycles. The number of carbonyl (C=O) groups excluding carboxylic acids is 1. The molecule has 0 aromatic rings. The average Bonchev–Trinajstić information content (AvgIpc) is 3.25. The molecule has 0 radical (unpaired) electrons. The summed E-state index contributed by atoms with van der Waals surface area (Å²) in [6.45, 7) is 3.98. The summed E-state index contributed by atoms with van der Waals surface area (Å²) in [7, 11) is 1.45. The van der Waals surface area contributed by atoms with Crippen LogP contribution in [0, 0.1) is 5.92 Å². The van der Waals surface area contributed by atoms with E-state index in [1.54, 1.807) is 0 Å². The molecule has 0 amide bonds. The largest absolute Gasteiger partial charge is 0.468 e. The summed E-state index contributed by atoms with van der Waals surface area (Å²) in [4.78, 5) is 14.5. The quantitative estimate of drug-likeness (QED) is 0.748. The molecule has 2 N–H and O–H groups in total. The number of carbonyl (C=O) groups is 1. The second-order valence-electron chi connectivity index (χ2n) is 6.21. The van der Waals surface area contributed by atoms with Crippen molar-refractivity contribution in [1.82, 2.24) is 4.90 Å². The van der Waals surface area contributed by atoms with Gasteiger partial charge in [-0.1, -0.05) is 19.8 Å². The Morgan fingerprint density at radius 1 is 1.37 bits per heavy atom. The highest BCUT2D eigenvalue weighted by Crippen LogP contribution is 2.40. The first-order valence-electron chi connectivity index (χ1n) is 7.73. The number of hydrogen-bond donors (Lipinski definition) is 1. The minimum atomic E-state index is -0.780. The minimum absolute atomic E-state index is 0.226. The van der Waals surface area contributed by atoms with Crippen LogP contribution in [0.2, 0.25) is 0 Å². The van der Waals surface area contributed by atoms with Crippen LogP contribution in [-0.4, -0.2) is 42.6 Å². The van der Waals surface area contributed by atoms with Crippen LogP contribution in [0.15, 0.2) is 0 Å². The van der Waals surface area contributed by atoms with Gasteiger partial charge in [0.25, 0.3) is 0 Å². The number of esters is 1. The molecule has 2 aliphatic rings. The molecule has 2 atom stereocenters. The summed E-state index contributed by atoms with van der Waals surface area (Å²) in [5, 5.41) is 0. The first-order valence-corrected chi connectivity index (χ1v) is 7.73. The lowest BCUT2D eigenvalue weighted by atomic mass is 9.90. The van der Waals surface area contributed by atoms with E-state index >= 15 is 0 Å². The van der Waals surface area contributed by atoms with Crippen LogP contribution in [-0.2, 0) is 9.53 Å². The van der Waals surface area contributed by atoms with Gasteiger partial charge in [0, 0.05) is 12.6 Å². The van der Waals surface area contributed by atoms with E-state index in [9.17, 15) is 4.79 Å². The number of nitrogens with zero attached hydrogens (tertiary/aromatic N) is 1. The van der Waals surface area contributed by atoms with E-state index in [4.69, 9.17) is 10.5 Å². The van der Waals surface area contributed by atoms with E-state index in [-0.39, 0.29) is 5.97 Å². The highest BCUT2D eigenvalue weighted by Gasteiger charge is 2.50. The van der Waals surface area contributed by atoms with Crippen LogP contribution in [0.3, 0.4) is 0 Å². The van der Waals surface area contributed by atoms with E-state index in [2.05, 4.69) is 11.8 Å². The fraction of sp³-hybridized carbons (Fsp3) is 0.933. The van der Waals surface area contributed by atoms with Gasteiger partial charge in [0.1, 0.15) is 5.54 Å². The molecule has 2 unspecified atom stereocenters. The predicted molar refractivity (Wildman–Crippen MR) is 75.8 cm³/mol. The van der Waals surface area contributed by atoms with Crippen LogP contribution in [0.5, 0.6) is 0 Å². The predicted octanol–water partition coefficient (Wildman–Crippen LogP) is 1.92. The number of methoxy groups -OCH3 is 1. The fourth-order valence-corrected chi connectivity index (χ4v) is 3.41. The molecule has 0 aromatic carbocycles. The number of piperidine rings is 1. The van der Waals surface area contributed by atoms with E-state index < -0.39 is 5.54 Å². The van der Waals surface area contributed by atoms with E-state index in [1.807, 2.05) is 0 Å². The number of rotatable bonds is 6. The lowest BCUT2D eigenvalue weighted by molar-refractivity contribution is -0.149. The Bertz CT molecular complexity index is 315. The van der Waals surface area contributed by atoms with E-state index in [0.717, 1.165) is 19.4 Å². The van der Waals surface area contributed by atoms with Gasteiger partial charge in [-0.3, -0.25) is 9.69 Å². The molecule has 4 heteroatoms. The molecule has 0 spiro atoms. The topological polar surface area (TPSA) is 55.6 Å². The molecule has 0 bridgehead atoms. The Morgan fingerprint density at radius 2 is 2.11 bits per heavy atom. The molecular weight excluding hydrogens is 240 g/mol. The third-order valence-electron chi connectivity index (χ3n) is 4.71. The van der Waals surface area contributed by atoms with Crippen LogP contribution in [0.1, 0.15) is 51.9 Å². The van der Waals surface area contributed by atoms with Gasteiger partial charge < -0.3 is 10.5 Å². The minimum Gasteiger partial charge on any atom is -0.468 e. The van der Waals surface area contributed by atoms with Crippen molar-refractivity contribution >= 4 is 5.97 Å². The monoisotopic (exact) mass is 268 g/mol. The highest BCUT2D eigenvalue weighted by atomic mass is 16.5. The maximum Gasteiger partial charge on any atom is 0.327 e. The second kappa shape index (κ2) is 6.23. The molecule has 1 saturated heterocycles. The Morgan fingerprint density at radius 3 is 2.68 bits per heavy atom. The fourth-order valence-electron chi connectivity index (χ4n) is 3.41. The van der Waals surface area contributed by atoms with Crippen LogP contribution in [0.4, 0.5) is 0 Å². The summed E-state index contributed by atoms with van der Waals surface area (Å²) in [6.07, 6.45) is 8.32. The summed E-state index contributed by atoms with van der Waals surface area (Å²) in [6, 6.07) is 0.602. The van der Waals surface area contributed by atoms with Crippen molar-refractivity contribution in [1.29, 1.82) is 0 Å². The number of ether oxygens (including phenoxy) is 1. The van der Waals surface area contributed by atoms with E-state index in [1.165, 1.54) is 39.2 Å². The zero-order chi connectivity index (χ0) is 13.9. The van der Waals surface area contributed by atoms with Crippen molar-refractivity contribution in [2.24, 2.45) is 11.7 Å². The second-order valence-corrected chi connectivity index (χ2v) is 6.21. The third-order valence-corrected chi connectivity index (χ3v) is 4.71. The molecule has 2 rings (SSSR count). The SMILES string of the molecule is CCCC1CCCCN1CC(N)(C(=O)OC)C1CC1. The van der Waals surface area contributed by atoms with Crippen molar-refractivity contribution in [2.75, 3.05) is 20.2 Å². The smallest absolute Gasteiger partial charge is 0.327 e. The summed E-state index contributed by atoms with van der Waals surface area (Å²) < 4.78 is 4.96. The molecular formula is C15H28N2O2. The zero-order valence-corrected chi connectivity index (χ0v) is 12.4. The molecule has 0 aromatic heterocycles. The molecule has 4 nitrogen and oxygen atoms in total. The Balaban J connectivity index is 2.04. The van der Waals surface area contributed by atoms with Gasteiger partial charge in [-0.2, -0.15) is 0 Å². The normalized spacial score (nSPS) is 27.8. The Kier molecular flexibility index (Phi) is 4.85. The van der Waals surface area contributed by atoms with Gasteiger partial charge in [0.2, 0.25) is 0 Å². The summed E-state index contributed by atoms with van der Waals surface area (Å²) >= 11 is 0. The molecule has 1 heterocycles. The van der Waals surface area contributed by atoms with Gasteiger partial charge >= 0.3 is 5.97 Å². The Hall–Kier alpha value is -0.610. The molecule has 19 heavy (non-hydrogen) atoms. The standard InChI is InChI=1S/C15H28N2O2/c1-3-6-13-7-4-5-10-17(13)11-15(16,12-8-9-12)14(18)19-2/h12-13H,3-11,16H2,1-2H3. The van der Waals surface area contributed by atoms with Crippen LogP contribution >= 0.6 is 0 Å². The van der Waals surface area contributed by atoms with Crippen LogP contribution < -0.4 is 5.73 Å². The third kappa shape index (κ3) is 3.29. The van der Waals surface area contributed by atoms with Crippen LogP contribution in [0.25, 0.3) is 0 Å². The van der Waals surface area contributed by atoms with Gasteiger partial charge in [0.15, 0.2) is 0 Å². The molecule has 110 valence electrons. The summed E-state index contributed by atoms with van der Waals surface area (Å²) in [5.74, 6) is 0.0972. The van der Waals surface area contributed by atoms with Gasteiger partial charge in [0.05, 0.1) is 7.11 Å². The van der Waals surface area contributed by atoms with Crippen molar-refractivity contribution < 1.29 is 9.53 Å². The van der Waals surface area contributed by atoms with Crippen molar-refractivity contribution in [3.05, 3.63) is 0 Å². The first-order chi connectivity index (χ1) is 9.11. The van der Waals surface area contributed by atoms with Gasteiger partial charge in [-0.05, 0) is 44.6 Å². The number of nitrogens with two attached hydrogens (primary N) is 1. The highest BCUT2D eigenvalue weighted by molar-refractivity contribution is 5.81.